The van der Waals surface area contributed by atoms with Gasteiger partial charge in [0.05, 0.1) is 4.88 Å². The summed E-state index contributed by atoms with van der Waals surface area (Å²) in [6, 6.07) is 2.04. The number of amides is 1. The van der Waals surface area contributed by atoms with Crippen LogP contribution in [0, 0.1) is 0 Å². The Balaban J connectivity index is 2.86. The van der Waals surface area contributed by atoms with Gasteiger partial charge in [0.25, 0.3) is 5.91 Å². The second-order valence-corrected chi connectivity index (χ2v) is 4.66. The second kappa shape index (κ2) is 5.91. The molecule has 15 heavy (non-hydrogen) atoms. The highest BCUT2D eigenvalue weighted by Gasteiger charge is 2.12. The van der Waals surface area contributed by atoms with Crippen molar-refractivity contribution in [2.24, 2.45) is 0 Å². The van der Waals surface area contributed by atoms with E-state index in [2.05, 4.69) is 19.2 Å². The number of hydrogen-bond donors (Lipinski definition) is 1. The molecule has 0 aliphatic heterocycles. The van der Waals surface area contributed by atoms with Gasteiger partial charge in [0.2, 0.25) is 0 Å². The lowest BCUT2D eigenvalue weighted by Crippen LogP contribution is -2.21. The highest BCUT2D eigenvalue weighted by Crippen LogP contribution is 2.24. The Morgan fingerprint density at radius 1 is 1.40 bits per heavy atom. The molecule has 2 nitrogen and oxygen atoms in total. The van der Waals surface area contributed by atoms with Crippen molar-refractivity contribution < 1.29 is 4.79 Å². The van der Waals surface area contributed by atoms with E-state index in [4.69, 9.17) is 0 Å². The largest absolute Gasteiger partial charge is 0.352 e. The van der Waals surface area contributed by atoms with Crippen molar-refractivity contribution in [3.8, 4) is 0 Å². The van der Waals surface area contributed by atoms with Gasteiger partial charge in [0.1, 0.15) is 0 Å². The topological polar surface area (TPSA) is 29.1 Å². The van der Waals surface area contributed by atoms with E-state index in [1.807, 2.05) is 13.0 Å². The highest BCUT2D eigenvalue weighted by molar-refractivity contribution is 7.14. The quantitative estimate of drug-likeness (QED) is 0.820. The van der Waals surface area contributed by atoms with Gasteiger partial charge in [-0.2, -0.15) is 0 Å². The van der Waals surface area contributed by atoms with Gasteiger partial charge in [-0.25, -0.2) is 0 Å². The Kier molecular flexibility index (Phi) is 4.82. The van der Waals surface area contributed by atoms with Crippen LogP contribution in [0.25, 0.3) is 0 Å². The Bertz CT molecular complexity index is 330. The molecular weight excluding hydrogens is 206 g/mol. The smallest absolute Gasteiger partial charge is 0.261 e. The number of carbonyl (C=O) groups excluding carboxylic acids is 1. The maximum absolute atomic E-state index is 11.6. The SMILES string of the molecule is CCCc1sc(C(=O)NCC)cc1CC. The van der Waals surface area contributed by atoms with Gasteiger partial charge in [0.15, 0.2) is 0 Å². The molecule has 0 fully saturated rings. The molecule has 1 N–H and O–H groups in total. The average molecular weight is 225 g/mol. The molecule has 0 saturated carbocycles. The van der Waals surface area contributed by atoms with Crippen LogP contribution in [0.4, 0.5) is 0 Å². The van der Waals surface area contributed by atoms with Gasteiger partial charge >= 0.3 is 0 Å². The van der Waals surface area contributed by atoms with Crippen LogP contribution >= 0.6 is 11.3 Å². The maximum Gasteiger partial charge on any atom is 0.261 e. The zero-order valence-electron chi connectivity index (χ0n) is 9.72. The molecule has 0 aliphatic carbocycles. The van der Waals surface area contributed by atoms with Crippen molar-refractivity contribution in [3.63, 3.8) is 0 Å². The third-order valence-electron chi connectivity index (χ3n) is 2.32. The predicted octanol–water partition coefficient (Wildman–Crippen LogP) is 3.01. The number of thiophene rings is 1. The minimum Gasteiger partial charge on any atom is -0.352 e. The van der Waals surface area contributed by atoms with Crippen LogP contribution in [0.1, 0.15) is 47.3 Å². The van der Waals surface area contributed by atoms with Gasteiger partial charge in [0, 0.05) is 11.4 Å². The Morgan fingerprint density at radius 3 is 2.67 bits per heavy atom. The molecule has 0 radical (unpaired) electrons. The van der Waals surface area contributed by atoms with Gasteiger partial charge in [-0.05, 0) is 31.4 Å². The van der Waals surface area contributed by atoms with Crippen LogP contribution in [0.3, 0.4) is 0 Å². The fraction of sp³-hybridized carbons (Fsp3) is 0.583. The van der Waals surface area contributed by atoms with Crippen molar-refractivity contribution in [1.29, 1.82) is 0 Å². The standard InChI is InChI=1S/C12H19NOS/c1-4-7-10-9(5-2)8-11(15-10)12(14)13-6-3/h8H,4-7H2,1-3H3,(H,13,14). The summed E-state index contributed by atoms with van der Waals surface area (Å²) in [4.78, 5) is 13.9. The summed E-state index contributed by atoms with van der Waals surface area (Å²) in [5.41, 5.74) is 1.34. The van der Waals surface area contributed by atoms with Gasteiger partial charge in [-0.1, -0.05) is 20.3 Å². The molecule has 1 amide bonds. The molecule has 0 aromatic carbocycles. The van der Waals surface area contributed by atoms with E-state index >= 15 is 0 Å². The average Bonchev–Trinajstić information content (AvgIpc) is 2.62. The molecule has 0 spiro atoms. The molecule has 1 rings (SSSR count). The van der Waals surface area contributed by atoms with Crippen LogP contribution < -0.4 is 5.32 Å². The van der Waals surface area contributed by atoms with E-state index in [-0.39, 0.29) is 5.91 Å². The summed E-state index contributed by atoms with van der Waals surface area (Å²) in [5.74, 6) is 0.0690. The fourth-order valence-electron chi connectivity index (χ4n) is 1.56. The first kappa shape index (κ1) is 12.2. The lowest BCUT2D eigenvalue weighted by Gasteiger charge is -1.97. The van der Waals surface area contributed by atoms with E-state index in [0.29, 0.717) is 6.54 Å². The van der Waals surface area contributed by atoms with Crippen molar-refractivity contribution in [3.05, 3.63) is 21.4 Å². The van der Waals surface area contributed by atoms with Crippen molar-refractivity contribution in [2.75, 3.05) is 6.54 Å². The molecule has 1 aromatic rings. The molecule has 3 heteroatoms. The summed E-state index contributed by atoms with van der Waals surface area (Å²) in [7, 11) is 0. The molecular formula is C12H19NOS. The van der Waals surface area contributed by atoms with E-state index in [1.54, 1.807) is 11.3 Å². The van der Waals surface area contributed by atoms with E-state index < -0.39 is 0 Å². The summed E-state index contributed by atoms with van der Waals surface area (Å²) in [6.07, 6.45) is 3.25. The summed E-state index contributed by atoms with van der Waals surface area (Å²) in [6.45, 7) is 6.95. The number of rotatable bonds is 5. The Morgan fingerprint density at radius 2 is 2.13 bits per heavy atom. The Hall–Kier alpha value is -0.830. The summed E-state index contributed by atoms with van der Waals surface area (Å²) in [5, 5.41) is 2.84. The van der Waals surface area contributed by atoms with Crippen LogP contribution in [-0.2, 0) is 12.8 Å². The number of hydrogen-bond acceptors (Lipinski definition) is 2. The van der Waals surface area contributed by atoms with Crippen LogP contribution in [0.5, 0.6) is 0 Å². The van der Waals surface area contributed by atoms with E-state index in [1.165, 1.54) is 10.4 Å². The van der Waals surface area contributed by atoms with Crippen LogP contribution in [0.2, 0.25) is 0 Å². The van der Waals surface area contributed by atoms with E-state index in [9.17, 15) is 4.79 Å². The van der Waals surface area contributed by atoms with Gasteiger partial charge in [-0.15, -0.1) is 11.3 Å². The first-order valence-electron chi connectivity index (χ1n) is 5.62. The summed E-state index contributed by atoms with van der Waals surface area (Å²) < 4.78 is 0. The van der Waals surface area contributed by atoms with Gasteiger partial charge < -0.3 is 5.32 Å². The third kappa shape index (κ3) is 3.06. The lowest BCUT2D eigenvalue weighted by atomic mass is 10.1. The molecule has 0 saturated heterocycles. The maximum atomic E-state index is 11.6. The normalized spacial score (nSPS) is 10.3. The zero-order chi connectivity index (χ0) is 11.3. The second-order valence-electron chi connectivity index (χ2n) is 3.52. The molecule has 0 aliphatic rings. The van der Waals surface area contributed by atoms with Crippen molar-refractivity contribution in [2.45, 2.75) is 40.0 Å². The first-order valence-corrected chi connectivity index (χ1v) is 6.44. The number of aryl methyl sites for hydroxylation is 2. The predicted molar refractivity (Wildman–Crippen MR) is 65.7 cm³/mol. The molecule has 0 bridgehead atoms. The first-order chi connectivity index (χ1) is 7.22. The van der Waals surface area contributed by atoms with Crippen LogP contribution in [-0.4, -0.2) is 12.5 Å². The molecule has 84 valence electrons. The third-order valence-corrected chi connectivity index (χ3v) is 3.55. The highest BCUT2D eigenvalue weighted by atomic mass is 32.1. The minimum atomic E-state index is 0.0690. The molecule has 0 atom stereocenters. The van der Waals surface area contributed by atoms with Gasteiger partial charge in [-0.3, -0.25) is 4.79 Å². The fourth-order valence-corrected chi connectivity index (χ4v) is 2.84. The molecule has 1 heterocycles. The van der Waals surface area contributed by atoms with E-state index in [0.717, 1.165) is 24.1 Å². The summed E-state index contributed by atoms with van der Waals surface area (Å²) >= 11 is 1.64. The zero-order valence-corrected chi connectivity index (χ0v) is 10.5. The lowest BCUT2D eigenvalue weighted by molar-refractivity contribution is 0.0960. The minimum absolute atomic E-state index is 0.0690. The number of carbonyl (C=O) groups is 1. The molecule has 1 aromatic heterocycles. The van der Waals surface area contributed by atoms with Crippen molar-refractivity contribution >= 4 is 17.2 Å². The monoisotopic (exact) mass is 225 g/mol. The van der Waals surface area contributed by atoms with Crippen molar-refractivity contribution in [1.82, 2.24) is 5.32 Å². The molecule has 0 unspecified atom stereocenters. The number of nitrogens with one attached hydrogen (secondary N) is 1. The Labute approximate surface area is 95.7 Å². The van der Waals surface area contributed by atoms with Crippen LogP contribution in [0.15, 0.2) is 6.07 Å².